The van der Waals surface area contributed by atoms with Crippen molar-refractivity contribution < 1.29 is 4.79 Å². The topological polar surface area (TPSA) is 20.3 Å². The maximum absolute atomic E-state index is 11.8. The quantitative estimate of drug-likeness (QED) is 0.779. The van der Waals surface area contributed by atoms with Gasteiger partial charge in [0.25, 0.3) is 5.91 Å². The molecule has 2 aromatic carbocycles. The second-order valence-corrected chi connectivity index (χ2v) is 4.96. The van der Waals surface area contributed by atoms with Crippen LogP contribution in [0.15, 0.2) is 54.6 Å². The van der Waals surface area contributed by atoms with Crippen LogP contribution in [0.4, 0.5) is 0 Å². The van der Waals surface area contributed by atoms with Gasteiger partial charge in [-0.2, -0.15) is 0 Å². The Labute approximate surface area is 126 Å². The minimum atomic E-state index is -0.155. The van der Waals surface area contributed by atoms with Crippen molar-refractivity contribution in [2.75, 3.05) is 7.05 Å². The van der Waals surface area contributed by atoms with E-state index < -0.39 is 0 Å². The summed E-state index contributed by atoms with van der Waals surface area (Å²) < 4.78 is 0. The first-order valence-corrected chi connectivity index (χ1v) is 6.98. The fraction of sp³-hybridized carbons (Fsp3) is 0.211. The summed E-state index contributed by atoms with van der Waals surface area (Å²) in [6.07, 6.45) is 0. The molecule has 0 aromatic heterocycles. The lowest BCUT2D eigenvalue weighted by molar-refractivity contribution is -0.125. The molecule has 2 aromatic rings. The second-order valence-electron chi connectivity index (χ2n) is 4.96. The Morgan fingerprint density at radius 2 is 1.57 bits per heavy atom. The zero-order chi connectivity index (χ0) is 15.2. The van der Waals surface area contributed by atoms with Gasteiger partial charge < -0.3 is 4.90 Å². The Morgan fingerprint density at radius 1 is 1.00 bits per heavy atom. The van der Waals surface area contributed by atoms with E-state index in [0.717, 1.165) is 5.56 Å². The van der Waals surface area contributed by atoms with E-state index in [1.807, 2.05) is 25.1 Å². The van der Waals surface area contributed by atoms with E-state index in [2.05, 4.69) is 48.2 Å². The molecule has 1 unspecified atom stereocenters. The number of benzene rings is 2. The molecule has 2 rings (SSSR count). The first-order chi connectivity index (χ1) is 10.1. The molecule has 0 fully saturated rings. The molecule has 0 aliphatic rings. The molecule has 0 bridgehead atoms. The lowest BCUT2D eigenvalue weighted by atomic mass is 10.0. The van der Waals surface area contributed by atoms with Crippen LogP contribution in [-0.4, -0.2) is 17.9 Å². The molecule has 0 saturated carbocycles. The number of hydrogen-bond donors (Lipinski definition) is 0. The minimum Gasteiger partial charge on any atom is -0.328 e. The van der Waals surface area contributed by atoms with Crippen molar-refractivity contribution in [2.45, 2.75) is 19.9 Å². The first kappa shape index (κ1) is 14.9. The van der Waals surface area contributed by atoms with Crippen LogP contribution in [0.1, 0.15) is 25.5 Å². The van der Waals surface area contributed by atoms with Crippen LogP contribution in [0.2, 0.25) is 0 Å². The van der Waals surface area contributed by atoms with E-state index in [-0.39, 0.29) is 11.9 Å². The monoisotopic (exact) mass is 277 g/mol. The third kappa shape index (κ3) is 3.52. The Hall–Kier alpha value is -2.53. The molecule has 1 atom stereocenters. The van der Waals surface area contributed by atoms with Gasteiger partial charge in [-0.1, -0.05) is 60.5 Å². The van der Waals surface area contributed by atoms with Crippen molar-refractivity contribution in [3.8, 4) is 23.0 Å². The molecular weight excluding hydrogens is 258 g/mol. The largest absolute Gasteiger partial charge is 0.328 e. The molecule has 21 heavy (non-hydrogen) atoms. The number of rotatable bonds is 3. The summed E-state index contributed by atoms with van der Waals surface area (Å²) in [5.74, 6) is 5.06. The summed E-state index contributed by atoms with van der Waals surface area (Å²) >= 11 is 0. The van der Waals surface area contributed by atoms with Crippen molar-refractivity contribution in [1.82, 2.24) is 4.90 Å². The standard InChI is InChI=1S/C19H19NO/c1-4-8-19(21)20(3)15(2)16-11-13-18(14-12-16)17-9-6-5-7-10-17/h5-7,9-15H,1-3H3. The predicted molar refractivity (Wildman–Crippen MR) is 86.5 cm³/mol. The lowest BCUT2D eigenvalue weighted by Gasteiger charge is -2.23. The predicted octanol–water partition coefficient (Wildman–Crippen LogP) is 3.90. The van der Waals surface area contributed by atoms with Crippen molar-refractivity contribution >= 4 is 5.91 Å². The Balaban J connectivity index is 2.18. The summed E-state index contributed by atoms with van der Waals surface area (Å²) in [6.45, 7) is 3.68. The Bertz CT molecular complexity index is 662. The molecule has 0 radical (unpaired) electrons. The average Bonchev–Trinajstić information content (AvgIpc) is 2.54. The van der Waals surface area contributed by atoms with E-state index in [4.69, 9.17) is 0 Å². The molecule has 2 nitrogen and oxygen atoms in total. The molecule has 1 amide bonds. The summed E-state index contributed by atoms with van der Waals surface area (Å²) in [7, 11) is 1.78. The fourth-order valence-corrected chi connectivity index (χ4v) is 2.18. The van der Waals surface area contributed by atoms with Crippen LogP contribution in [0.5, 0.6) is 0 Å². The summed E-state index contributed by atoms with van der Waals surface area (Å²) in [5.41, 5.74) is 3.47. The molecule has 0 heterocycles. The summed E-state index contributed by atoms with van der Waals surface area (Å²) in [5, 5.41) is 0. The number of carbonyl (C=O) groups is 1. The van der Waals surface area contributed by atoms with Crippen LogP contribution in [0.3, 0.4) is 0 Å². The van der Waals surface area contributed by atoms with Gasteiger partial charge in [0.1, 0.15) is 0 Å². The van der Waals surface area contributed by atoms with Gasteiger partial charge in [0.15, 0.2) is 0 Å². The smallest absolute Gasteiger partial charge is 0.298 e. The second kappa shape index (κ2) is 6.76. The Kier molecular flexibility index (Phi) is 4.79. The van der Waals surface area contributed by atoms with Crippen molar-refractivity contribution in [1.29, 1.82) is 0 Å². The molecule has 0 aliphatic carbocycles. The molecular formula is C19H19NO. The maximum atomic E-state index is 11.8. The third-order valence-corrected chi connectivity index (χ3v) is 3.63. The highest BCUT2D eigenvalue weighted by atomic mass is 16.2. The van der Waals surface area contributed by atoms with Crippen LogP contribution >= 0.6 is 0 Å². The van der Waals surface area contributed by atoms with Crippen LogP contribution < -0.4 is 0 Å². The molecule has 106 valence electrons. The van der Waals surface area contributed by atoms with Crippen LogP contribution in [-0.2, 0) is 4.79 Å². The minimum absolute atomic E-state index is 0.00294. The lowest BCUT2D eigenvalue weighted by Crippen LogP contribution is -2.28. The van der Waals surface area contributed by atoms with Gasteiger partial charge in [0.2, 0.25) is 0 Å². The zero-order valence-electron chi connectivity index (χ0n) is 12.6. The molecule has 0 aliphatic heterocycles. The van der Waals surface area contributed by atoms with E-state index in [9.17, 15) is 4.79 Å². The molecule has 0 N–H and O–H groups in total. The number of amides is 1. The number of hydrogen-bond acceptors (Lipinski definition) is 1. The van der Waals surface area contributed by atoms with Gasteiger partial charge in [-0.15, -0.1) is 0 Å². The van der Waals surface area contributed by atoms with Crippen molar-refractivity contribution in [3.05, 3.63) is 60.2 Å². The van der Waals surface area contributed by atoms with Gasteiger partial charge in [-0.3, -0.25) is 4.79 Å². The van der Waals surface area contributed by atoms with Gasteiger partial charge >= 0.3 is 0 Å². The maximum Gasteiger partial charge on any atom is 0.298 e. The van der Waals surface area contributed by atoms with Crippen LogP contribution in [0.25, 0.3) is 11.1 Å². The van der Waals surface area contributed by atoms with E-state index in [1.165, 1.54) is 11.1 Å². The summed E-state index contributed by atoms with van der Waals surface area (Å²) in [4.78, 5) is 13.5. The fourth-order valence-electron chi connectivity index (χ4n) is 2.18. The highest BCUT2D eigenvalue weighted by Crippen LogP contribution is 2.24. The molecule has 0 saturated heterocycles. The van der Waals surface area contributed by atoms with E-state index in [1.54, 1.807) is 18.9 Å². The van der Waals surface area contributed by atoms with Crippen molar-refractivity contribution in [2.24, 2.45) is 0 Å². The van der Waals surface area contributed by atoms with Gasteiger partial charge in [0.05, 0.1) is 6.04 Å². The average molecular weight is 277 g/mol. The van der Waals surface area contributed by atoms with Gasteiger partial charge in [-0.25, -0.2) is 0 Å². The normalized spacial score (nSPS) is 11.2. The highest BCUT2D eigenvalue weighted by Gasteiger charge is 2.15. The van der Waals surface area contributed by atoms with E-state index >= 15 is 0 Å². The number of nitrogens with zero attached hydrogens (tertiary/aromatic N) is 1. The number of carbonyl (C=O) groups excluding carboxylic acids is 1. The SMILES string of the molecule is CC#CC(=O)N(C)C(C)c1ccc(-c2ccccc2)cc1. The summed E-state index contributed by atoms with van der Waals surface area (Å²) in [6, 6.07) is 18.6. The zero-order valence-corrected chi connectivity index (χ0v) is 12.6. The highest BCUT2D eigenvalue weighted by molar-refractivity contribution is 5.93. The van der Waals surface area contributed by atoms with Crippen molar-refractivity contribution in [3.63, 3.8) is 0 Å². The Morgan fingerprint density at radius 3 is 2.14 bits per heavy atom. The molecule has 0 spiro atoms. The van der Waals surface area contributed by atoms with E-state index in [0.29, 0.717) is 0 Å². The van der Waals surface area contributed by atoms with Gasteiger partial charge in [0, 0.05) is 7.05 Å². The van der Waals surface area contributed by atoms with Crippen LogP contribution in [0, 0.1) is 11.8 Å². The third-order valence-electron chi connectivity index (χ3n) is 3.63. The molecule has 2 heteroatoms. The van der Waals surface area contributed by atoms with Gasteiger partial charge in [-0.05, 0) is 36.5 Å². The first-order valence-electron chi connectivity index (χ1n) is 6.98.